The standard InChI is InChI=1S/C13H13ClN2O2S/c1-2-18-13(17)11-12(19-8-16-11)15-7-9-4-3-5-10(14)6-9/h3-6,8,15H,2,7H2,1H3. The van der Waals surface area contributed by atoms with Crippen LogP contribution < -0.4 is 5.32 Å². The number of halogens is 1. The van der Waals surface area contributed by atoms with Crippen molar-refractivity contribution in [3.05, 3.63) is 46.1 Å². The van der Waals surface area contributed by atoms with Crippen molar-refractivity contribution < 1.29 is 9.53 Å². The van der Waals surface area contributed by atoms with E-state index in [0.29, 0.717) is 28.9 Å². The van der Waals surface area contributed by atoms with Crippen molar-refractivity contribution in [3.8, 4) is 0 Å². The second kappa shape index (κ2) is 6.54. The van der Waals surface area contributed by atoms with Crippen molar-refractivity contribution >= 4 is 33.9 Å². The Morgan fingerprint density at radius 2 is 2.37 bits per heavy atom. The zero-order chi connectivity index (χ0) is 13.7. The van der Waals surface area contributed by atoms with Gasteiger partial charge in [-0.05, 0) is 24.6 Å². The molecular formula is C13H13ClN2O2S. The predicted molar refractivity (Wildman–Crippen MR) is 76.8 cm³/mol. The van der Waals surface area contributed by atoms with Crippen LogP contribution in [0.5, 0.6) is 0 Å². The first kappa shape index (κ1) is 13.8. The van der Waals surface area contributed by atoms with Crippen LogP contribution >= 0.6 is 22.9 Å². The molecule has 0 spiro atoms. The van der Waals surface area contributed by atoms with Crippen molar-refractivity contribution in [2.75, 3.05) is 11.9 Å². The summed E-state index contributed by atoms with van der Waals surface area (Å²) in [6.07, 6.45) is 0. The van der Waals surface area contributed by atoms with Gasteiger partial charge in [-0.3, -0.25) is 0 Å². The number of ether oxygens (including phenoxy) is 1. The van der Waals surface area contributed by atoms with E-state index in [1.54, 1.807) is 12.4 Å². The smallest absolute Gasteiger partial charge is 0.360 e. The van der Waals surface area contributed by atoms with Gasteiger partial charge in [-0.25, -0.2) is 9.78 Å². The fourth-order valence-electron chi connectivity index (χ4n) is 1.55. The number of anilines is 1. The van der Waals surface area contributed by atoms with E-state index in [1.807, 2.05) is 24.3 Å². The summed E-state index contributed by atoms with van der Waals surface area (Å²) >= 11 is 7.29. The molecule has 0 saturated carbocycles. The van der Waals surface area contributed by atoms with Crippen molar-refractivity contribution in [1.29, 1.82) is 0 Å². The lowest BCUT2D eigenvalue weighted by Crippen LogP contribution is -2.09. The molecule has 0 aliphatic carbocycles. The Bertz CT molecular complexity index is 571. The van der Waals surface area contributed by atoms with Gasteiger partial charge in [0.1, 0.15) is 5.00 Å². The summed E-state index contributed by atoms with van der Waals surface area (Å²) < 4.78 is 4.94. The first-order chi connectivity index (χ1) is 9.20. The Balaban J connectivity index is 2.04. The Labute approximate surface area is 120 Å². The molecule has 0 aliphatic rings. The Kier molecular flexibility index (Phi) is 4.76. The molecule has 0 radical (unpaired) electrons. The molecule has 0 fully saturated rings. The van der Waals surface area contributed by atoms with Crippen molar-refractivity contribution in [2.24, 2.45) is 0 Å². The quantitative estimate of drug-likeness (QED) is 0.857. The fraction of sp³-hybridized carbons (Fsp3) is 0.231. The second-order valence-corrected chi connectivity index (χ2v) is 5.03. The van der Waals surface area contributed by atoms with Gasteiger partial charge in [0.25, 0.3) is 0 Å². The number of esters is 1. The summed E-state index contributed by atoms with van der Waals surface area (Å²) in [5.74, 6) is -0.405. The molecule has 100 valence electrons. The molecule has 0 bridgehead atoms. The molecule has 1 N–H and O–H groups in total. The summed E-state index contributed by atoms with van der Waals surface area (Å²) in [5, 5.41) is 4.57. The SMILES string of the molecule is CCOC(=O)c1ncsc1NCc1cccc(Cl)c1. The molecule has 2 aromatic rings. The lowest BCUT2D eigenvalue weighted by atomic mass is 10.2. The van der Waals surface area contributed by atoms with Crippen LogP contribution in [0.3, 0.4) is 0 Å². The number of thiazole rings is 1. The van der Waals surface area contributed by atoms with Gasteiger partial charge in [-0.2, -0.15) is 0 Å². The molecule has 0 saturated heterocycles. The molecule has 1 aromatic carbocycles. The average molecular weight is 297 g/mol. The van der Waals surface area contributed by atoms with Gasteiger partial charge >= 0.3 is 5.97 Å². The summed E-state index contributed by atoms with van der Waals surface area (Å²) in [4.78, 5) is 15.7. The minimum atomic E-state index is -0.405. The third kappa shape index (κ3) is 3.68. The zero-order valence-corrected chi connectivity index (χ0v) is 11.9. The van der Waals surface area contributed by atoms with Crippen molar-refractivity contribution in [1.82, 2.24) is 4.98 Å². The molecule has 0 atom stereocenters. The van der Waals surface area contributed by atoms with Crippen LogP contribution in [0.2, 0.25) is 5.02 Å². The maximum Gasteiger partial charge on any atom is 0.360 e. The molecule has 1 aromatic heterocycles. The topological polar surface area (TPSA) is 51.2 Å². The van der Waals surface area contributed by atoms with Gasteiger partial charge in [0.15, 0.2) is 5.69 Å². The Morgan fingerprint density at radius 1 is 1.53 bits per heavy atom. The highest BCUT2D eigenvalue weighted by Crippen LogP contribution is 2.22. The molecule has 0 aliphatic heterocycles. The molecular weight excluding hydrogens is 284 g/mol. The normalized spacial score (nSPS) is 10.2. The summed E-state index contributed by atoms with van der Waals surface area (Å²) in [7, 11) is 0. The molecule has 2 rings (SSSR count). The number of carbonyl (C=O) groups excluding carboxylic acids is 1. The van der Waals surface area contributed by atoms with E-state index in [1.165, 1.54) is 11.3 Å². The third-order valence-electron chi connectivity index (χ3n) is 2.38. The van der Waals surface area contributed by atoms with E-state index in [2.05, 4.69) is 10.3 Å². The van der Waals surface area contributed by atoms with E-state index in [9.17, 15) is 4.79 Å². The number of nitrogens with one attached hydrogen (secondary N) is 1. The number of hydrogen-bond donors (Lipinski definition) is 1. The molecule has 1 heterocycles. The predicted octanol–water partition coefficient (Wildman–Crippen LogP) is 3.59. The van der Waals surface area contributed by atoms with E-state index in [-0.39, 0.29) is 0 Å². The van der Waals surface area contributed by atoms with E-state index in [4.69, 9.17) is 16.3 Å². The van der Waals surface area contributed by atoms with Crippen LogP contribution in [-0.2, 0) is 11.3 Å². The van der Waals surface area contributed by atoms with Gasteiger partial charge in [-0.1, -0.05) is 23.7 Å². The molecule has 0 amide bonds. The van der Waals surface area contributed by atoms with Crippen LogP contribution in [0.15, 0.2) is 29.8 Å². The van der Waals surface area contributed by atoms with Crippen LogP contribution in [-0.4, -0.2) is 17.6 Å². The molecule has 4 nitrogen and oxygen atoms in total. The highest BCUT2D eigenvalue weighted by Gasteiger charge is 2.15. The summed E-state index contributed by atoms with van der Waals surface area (Å²) in [6, 6.07) is 7.55. The highest BCUT2D eigenvalue weighted by molar-refractivity contribution is 7.14. The van der Waals surface area contributed by atoms with Crippen molar-refractivity contribution in [2.45, 2.75) is 13.5 Å². The molecule has 19 heavy (non-hydrogen) atoms. The van der Waals surface area contributed by atoms with Crippen LogP contribution in [0.1, 0.15) is 23.0 Å². The lowest BCUT2D eigenvalue weighted by molar-refractivity contribution is 0.0521. The number of benzene rings is 1. The first-order valence-electron chi connectivity index (χ1n) is 5.79. The Hall–Kier alpha value is -1.59. The minimum absolute atomic E-state index is 0.328. The maximum atomic E-state index is 11.7. The summed E-state index contributed by atoms with van der Waals surface area (Å²) in [5.41, 5.74) is 2.98. The largest absolute Gasteiger partial charge is 0.461 e. The van der Waals surface area contributed by atoms with E-state index < -0.39 is 5.97 Å². The van der Waals surface area contributed by atoms with Gasteiger partial charge in [0.2, 0.25) is 0 Å². The van der Waals surface area contributed by atoms with Crippen LogP contribution in [0.25, 0.3) is 0 Å². The van der Waals surface area contributed by atoms with Crippen LogP contribution in [0.4, 0.5) is 5.00 Å². The van der Waals surface area contributed by atoms with Gasteiger partial charge in [0, 0.05) is 11.6 Å². The van der Waals surface area contributed by atoms with Gasteiger partial charge in [-0.15, -0.1) is 11.3 Å². The second-order valence-electron chi connectivity index (χ2n) is 3.73. The third-order valence-corrected chi connectivity index (χ3v) is 3.40. The van der Waals surface area contributed by atoms with Crippen LogP contribution in [0, 0.1) is 0 Å². The Morgan fingerprint density at radius 3 is 3.11 bits per heavy atom. The number of rotatable bonds is 5. The number of hydrogen-bond acceptors (Lipinski definition) is 5. The highest BCUT2D eigenvalue weighted by atomic mass is 35.5. The van der Waals surface area contributed by atoms with Crippen molar-refractivity contribution in [3.63, 3.8) is 0 Å². The number of carbonyl (C=O) groups is 1. The zero-order valence-electron chi connectivity index (χ0n) is 10.4. The minimum Gasteiger partial charge on any atom is -0.461 e. The van der Waals surface area contributed by atoms with E-state index in [0.717, 1.165) is 5.56 Å². The average Bonchev–Trinajstić information content (AvgIpc) is 2.85. The molecule has 6 heteroatoms. The fourth-order valence-corrected chi connectivity index (χ4v) is 2.43. The maximum absolute atomic E-state index is 11.7. The number of aromatic nitrogens is 1. The first-order valence-corrected chi connectivity index (χ1v) is 7.05. The number of nitrogens with zero attached hydrogens (tertiary/aromatic N) is 1. The van der Waals surface area contributed by atoms with Gasteiger partial charge < -0.3 is 10.1 Å². The van der Waals surface area contributed by atoms with Gasteiger partial charge in [0.05, 0.1) is 12.1 Å². The lowest BCUT2D eigenvalue weighted by Gasteiger charge is -2.06. The van der Waals surface area contributed by atoms with E-state index >= 15 is 0 Å². The summed E-state index contributed by atoms with van der Waals surface area (Å²) in [6.45, 7) is 2.68. The molecule has 0 unspecified atom stereocenters. The monoisotopic (exact) mass is 296 g/mol.